The van der Waals surface area contributed by atoms with Gasteiger partial charge in [-0.25, -0.2) is 9.97 Å². The van der Waals surface area contributed by atoms with Gasteiger partial charge < -0.3 is 10.2 Å². The maximum Gasteiger partial charge on any atom is 0.228 e. The Morgan fingerprint density at radius 1 is 1.20 bits per heavy atom. The first-order valence-electron chi connectivity index (χ1n) is 10.8. The van der Waals surface area contributed by atoms with E-state index < -0.39 is 5.41 Å². The van der Waals surface area contributed by atoms with Gasteiger partial charge in [0.1, 0.15) is 6.33 Å². The molecule has 1 N–H and O–H groups in total. The standard InChI is InChI=1S/C24H32N4O2/c1-4-27-23(30)24(10-7-11-28(16-24)22(29)12-18(2)3)13-19-8-5-6-9-21(19)20-14-25-17-26-15-20/h5-6,8-9,14-15,17-18H,4,7,10-13,16H2,1-3H3,(H,27,30)/t24-/m0/s1. The lowest BCUT2D eigenvalue weighted by atomic mass is 9.73. The molecule has 1 atom stereocenters. The summed E-state index contributed by atoms with van der Waals surface area (Å²) in [5.41, 5.74) is 2.42. The second kappa shape index (κ2) is 9.83. The van der Waals surface area contributed by atoms with Crippen molar-refractivity contribution in [3.05, 3.63) is 48.5 Å². The van der Waals surface area contributed by atoms with E-state index in [1.165, 1.54) is 6.33 Å². The van der Waals surface area contributed by atoms with Gasteiger partial charge in [0, 0.05) is 44.0 Å². The highest BCUT2D eigenvalue weighted by molar-refractivity contribution is 5.85. The number of rotatable bonds is 7. The van der Waals surface area contributed by atoms with Crippen molar-refractivity contribution in [2.75, 3.05) is 19.6 Å². The molecule has 1 aliphatic heterocycles. The van der Waals surface area contributed by atoms with Crippen LogP contribution in [0, 0.1) is 11.3 Å². The summed E-state index contributed by atoms with van der Waals surface area (Å²) < 4.78 is 0. The van der Waals surface area contributed by atoms with Crippen molar-refractivity contribution in [1.29, 1.82) is 0 Å². The van der Waals surface area contributed by atoms with E-state index >= 15 is 0 Å². The van der Waals surface area contributed by atoms with Crippen molar-refractivity contribution >= 4 is 11.8 Å². The molecular formula is C24H32N4O2. The summed E-state index contributed by atoms with van der Waals surface area (Å²) in [6, 6.07) is 8.10. The molecule has 6 heteroatoms. The Bertz CT molecular complexity index is 869. The van der Waals surface area contributed by atoms with Crippen LogP contribution in [-0.2, 0) is 16.0 Å². The van der Waals surface area contributed by atoms with Gasteiger partial charge >= 0.3 is 0 Å². The SMILES string of the molecule is CCNC(=O)[C@]1(Cc2ccccc2-c2cncnc2)CCCN(C(=O)CC(C)C)C1. The summed E-state index contributed by atoms with van der Waals surface area (Å²) >= 11 is 0. The number of likely N-dealkylation sites (tertiary alicyclic amines) is 1. The zero-order valence-electron chi connectivity index (χ0n) is 18.2. The van der Waals surface area contributed by atoms with E-state index in [0.717, 1.165) is 36.1 Å². The molecule has 1 saturated heterocycles. The minimum atomic E-state index is -0.632. The zero-order chi connectivity index (χ0) is 21.6. The molecule has 0 bridgehead atoms. The zero-order valence-corrected chi connectivity index (χ0v) is 18.2. The molecule has 3 rings (SSSR count). The number of hydrogen-bond acceptors (Lipinski definition) is 4. The van der Waals surface area contributed by atoms with Crippen molar-refractivity contribution in [3.63, 3.8) is 0 Å². The monoisotopic (exact) mass is 408 g/mol. The van der Waals surface area contributed by atoms with Gasteiger partial charge in [0.05, 0.1) is 5.41 Å². The predicted octanol–water partition coefficient (Wildman–Crippen LogP) is 3.48. The molecule has 160 valence electrons. The number of benzene rings is 1. The van der Waals surface area contributed by atoms with Gasteiger partial charge in [-0.15, -0.1) is 0 Å². The molecule has 1 aromatic heterocycles. The van der Waals surface area contributed by atoms with Crippen molar-refractivity contribution in [1.82, 2.24) is 20.2 Å². The van der Waals surface area contributed by atoms with Gasteiger partial charge in [-0.1, -0.05) is 38.1 Å². The smallest absolute Gasteiger partial charge is 0.228 e. The van der Waals surface area contributed by atoms with Crippen molar-refractivity contribution in [2.24, 2.45) is 11.3 Å². The lowest BCUT2D eigenvalue weighted by Crippen LogP contribution is -2.54. The van der Waals surface area contributed by atoms with Crippen LogP contribution in [0.1, 0.15) is 45.6 Å². The van der Waals surface area contributed by atoms with E-state index in [2.05, 4.69) is 35.2 Å². The highest BCUT2D eigenvalue weighted by atomic mass is 16.2. The summed E-state index contributed by atoms with van der Waals surface area (Å²) in [6.45, 7) is 7.80. The third-order valence-electron chi connectivity index (χ3n) is 5.75. The second-order valence-corrected chi connectivity index (χ2v) is 8.62. The second-order valence-electron chi connectivity index (χ2n) is 8.62. The summed E-state index contributed by atoms with van der Waals surface area (Å²) in [4.78, 5) is 36.3. The Hall–Kier alpha value is -2.76. The number of amides is 2. The Morgan fingerprint density at radius 2 is 1.93 bits per heavy atom. The lowest BCUT2D eigenvalue weighted by Gasteiger charge is -2.42. The van der Waals surface area contributed by atoms with Gasteiger partial charge in [-0.3, -0.25) is 9.59 Å². The van der Waals surface area contributed by atoms with E-state index in [0.29, 0.717) is 31.8 Å². The number of hydrogen-bond donors (Lipinski definition) is 1. The van der Waals surface area contributed by atoms with Crippen LogP contribution in [0.5, 0.6) is 0 Å². The number of carbonyl (C=O) groups is 2. The Balaban J connectivity index is 1.94. The lowest BCUT2D eigenvalue weighted by molar-refractivity contribution is -0.142. The van der Waals surface area contributed by atoms with Crippen LogP contribution in [0.3, 0.4) is 0 Å². The first-order valence-corrected chi connectivity index (χ1v) is 10.8. The van der Waals surface area contributed by atoms with Crippen LogP contribution in [0.25, 0.3) is 11.1 Å². The summed E-state index contributed by atoms with van der Waals surface area (Å²) in [7, 11) is 0. The Labute approximate surface area is 179 Å². The fourth-order valence-electron chi connectivity index (χ4n) is 4.34. The van der Waals surface area contributed by atoms with Crippen molar-refractivity contribution in [3.8, 4) is 11.1 Å². The summed E-state index contributed by atoms with van der Waals surface area (Å²) in [6.07, 6.45) is 7.80. The quantitative estimate of drug-likeness (QED) is 0.761. The largest absolute Gasteiger partial charge is 0.356 e. The molecule has 30 heavy (non-hydrogen) atoms. The third kappa shape index (κ3) is 5.04. The first kappa shape index (κ1) is 21.9. The number of nitrogens with one attached hydrogen (secondary N) is 1. The van der Waals surface area contributed by atoms with E-state index in [1.807, 2.05) is 30.0 Å². The number of nitrogens with zero attached hydrogens (tertiary/aromatic N) is 3. The van der Waals surface area contributed by atoms with Gasteiger partial charge in [-0.2, -0.15) is 0 Å². The summed E-state index contributed by atoms with van der Waals surface area (Å²) in [5.74, 6) is 0.478. The van der Waals surface area contributed by atoms with Gasteiger partial charge in [0.2, 0.25) is 11.8 Å². The minimum Gasteiger partial charge on any atom is -0.356 e. The van der Waals surface area contributed by atoms with Crippen molar-refractivity contribution < 1.29 is 9.59 Å². The van der Waals surface area contributed by atoms with Crippen molar-refractivity contribution in [2.45, 2.75) is 46.5 Å². The Kier molecular flexibility index (Phi) is 7.19. The van der Waals surface area contributed by atoms with Crippen LogP contribution in [0.4, 0.5) is 0 Å². The molecule has 0 aliphatic carbocycles. The normalized spacial score (nSPS) is 19.0. The molecule has 2 amide bonds. The molecule has 6 nitrogen and oxygen atoms in total. The molecule has 1 aliphatic rings. The van der Waals surface area contributed by atoms with E-state index in [9.17, 15) is 9.59 Å². The average molecular weight is 409 g/mol. The molecule has 1 aromatic carbocycles. The number of carbonyl (C=O) groups excluding carboxylic acids is 2. The average Bonchev–Trinajstić information content (AvgIpc) is 2.74. The first-order chi connectivity index (χ1) is 14.4. The van der Waals surface area contributed by atoms with Crippen LogP contribution in [-0.4, -0.2) is 46.3 Å². The molecule has 2 heterocycles. The summed E-state index contributed by atoms with van der Waals surface area (Å²) in [5, 5.41) is 3.03. The fraction of sp³-hybridized carbons (Fsp3) is 0.500. The molecule has 1 fully saturated rings. The van der Waals surface area contributed by atoms with Gasteiger partial charge in [0.15, 0.2) is 0 Å². The van der Waals surface area contributed by atoms with Crippen LogP contribution >= 0.6 is 0 Å². The van der Waals surface area contributed by atoms with E-state index in [1.54, 1.807) is 12.4 Å². The molecule has 0 spiro atoms. The maximum atomic E-state index is 13.3. The molecule has 0 radical (unpaired) electrons. The van der Waals surface area contributed by atoms with Crippen LogP contribution in [0.15, 0.2) is 43.0 Å². The van der Waals surface area contributed by atoms with Crippen LogP contribution in [0.2, 0.25) is 0 Å². The molecule has 2 aromatic rings. The highest BCUT2D eigenvalue weighted by Crippen LogP contribution is 2.37. The predicted molar refractivity (Wildman–Crippen MR) is 118 cm³/mol. The van der Waals surface area contributed by atoms with Crippen LogP contribution < -0.4 is 5.32 Å². The van der Waals surface area contributed by atoms with Gasteiger partial charge in [0.25, 0.3) is 0 Å². The van der Waals surface area contributed by atoms with E-state index in [4.69, 9.17) is 0 Å². The third-order valence-corrected chi connectivity index (χ3v) is 5.75. The van der Waals surface area contributed by atoms with E-state index in [-0.39, 0.29) is 11.8 Å². The topological polar surface area (TPSA) is 75.2 Å². The Morgan fingerprint density at radius 3 is 2.63 bits per heavy atom. The molecular weight excluding hydrogens is 376 g/mol. The maximum absolute atomic E-state index is 13.3. The molecule has 0 unspecified atom stereocenters. The number of piperidine rings is 1. The number of aromatic nitrogens is 2. The fourth-order valence-corrected chi connectivity index (χ4v) is 4.34. The molecule has 0 saturated carbocycles. The highest BCUT2D eigenvalue weighted by Gasteiger charge is 2.43. The van der Waals surface area contributed by atoms with Gasteiger partial charge in [-0.05, 0) is 43.2 Å². The minimum absolute atomic E-state index is 0.0335.